The van der Waals surface area contributed by atoms with Gasteiger partial charge in [-0.15, -0.1) is 0 Å². The van der Waals surface area contributed by atoms with Crippen LogP contribution >= 0.6 is 0 Å². The maximum atomic E-state index is 13.1. The number of hydrogen-bond donors (Lipinski definition) is 1. The zero-order valence-corrected chi connectivity index (χ0v) is 15.0. The normalized spacial score (nSPS) is 30.8. The van der Waals surface area contributed by atoms with Crippen LogP contribution in [0.25, 0.3) is 0 Å². The summed E-state index contributed by atoms with van der Waals surface area (Å²) in [5.41, 5.74) is 1.05. The number of nitrogens with one attached hydrogen (secondary N) is 1. The van der Waals surface area contributed by atoms with E-state index in [1.165, 1.54) is 0 Å². The van der Waals surface area contributed by atoms with Crippen LogP contribution in [0.4, 0.5) is 11.5 Å². The van der Waals surface area contributed by atoms with Gasteiger partial charge >= 0.3 is 0 Å². The Hall–Kier alpha value is -2.93. The van der Waals surface area contributed by atoms with Crippen LogP contribution in [0.15, 0.2) is 47.0 Å². The molecule has 4 atom stereocenters. The van der Waals surface area contributed by atoms with Crippen LogP contribution in [-0.2, 0) is 14.3 Å². The molecular weight excluding hydrogens is 346 g/mol. The first-order chi connectivity index (χ1) is 13.0. The highest BCUT2D eigenvalue weighted by Gasteiger charge is 2.67. The summed E-state index contributed by atoms with van der Waals surface area (Å²) in [5, 5.41) is 6.88. The number of nitrogens with zero attached hydrogens (tertiary/aromatic N) is 2. The molecule has 3 aliphatic heterocycles. The summed E-state index contributed by atoms with van der Waals surface area (Å²) < 4.78 is 11.2. The van der Waals surface area contributed by atoms with E-state index in [2.05, 4.69) is 10.5 Å². The number of aromatic nitrogens is 1. The van der Waals surface area contributed by atoms with Crippen molar-refractivity contribution < 1.29 is 18.8 Å². The van der Waals surface area contributed by atoms with Crippen LogP contribution in [0.3, 0.4) is 0 Å². The van der Waals surface area contributed by atoms with E-state index in [0.29, 0.717) is 23.8 Å². The van der Waals surface area contributed by atoms with Crippen molar-refractivity contribution in [1.29, 1.82) is 0 Å². The largest absolute Gasteiger partial charge is 0.360 e. The highest BCUT2D eigenvalue weighted by atomic mass is 16.5. The van der Waals surface area contributed by atoms with Gasteiger partial charge in [0.2, 0.25) is 11.8 Å². The lowest BCUT2D eigenvalue weighted by Crippen LogP contribution is -2.41. The molecule has 4 heterocycles. The topological polar surface area (TPSA) is 84.7 Å². The second kappa shape index (κ2) is 5.53. The summed E-state index contributed by atoms with van der Waals surface area (Å²) in [6.07, 6.45) is 3.43. The van der Waals surface area contributed by atoms with Crippen LogP contribution < -0.4 is 10.2 Å². The molecular formula is C20H19N3O4. The first-order valence-electron chi connectivity index (χ1n) is 8.96. The van der Waals surface area contributed by atoms with Gasteiger partial charge in [0.25, 0.3) is 0 Å². The van der Waals surface area contributed by atoms with Crippen molar-refractivity contribution in [2.75, 3.05) is 16.8 Å². The zero-order valence-electron chi connectivity index (χ0n) is 15.0. The average Bonchev–Trinajstić information content (AvgIpc) is 3.38. The van der Waals surface area contributed by atoms with Gasteiger partial charge in [0.1, 0.15) is 11.4 Å². The maximum absolute atomic E-state index is 13.1. The predicted molar refractivity (Wildman–Crippen MR) is 97.1 cm³/mol. The highest BCUT2D eigenvalue weighted by molar-refractivity contribution is 6.05. The molecule has 1 aromatic heterocycles. The van der Waals surface area contributed by atoms with Crippen LogP contribution in [0.2, 0.25) is 0 Å². The Morgan fingerprint density at radius 2 is 2.07 bits per heavy atom. The van der Waals surface area contributed by atoms with E-state index in [1.54, 1.807) is 17.9 Å². The SMILES string of the molecule is Cc1ccc(NC(=O)C2C3C=C[C@@]4(CN(c5cc(C)on5)C(=O)C24)O3)cc1. The van der Waals surface area contributed by atoms with Crippen molar-refractivity contribution in [1.82, 2.24) is 5.16 Å². The van der Waals surface area contributed by atoms with E-state index in [1.807, 2.05) is 43.3 Å². The molecule has 27 heavy (non-hydrogen) atoms. The Morgan fingerprint density at radius 1 is 1.30 bits per heavy atom. The number of carbonyl (C=O) groups excluding carboxylic acids is 2. The van der Waals surface area contributed by atoms with Crippen LogP contribution in [0, 0.1) is 25.7 Å². The number of anilines is 2. The van der Waals surface area contributed by atoms with Crippen molar-refractivity contribution in [2.45, 2.75) is 25.6 Å². The standard InChI is InChI=1S/C20H19N3O4/c1-11-3-5-13(6-4-11)21-18(24)16-14-7-8-20(26-14)10-23(19(25)17(16)20)15-9-12(2)27-22-15/h3-9,14,16-17H,10H2,1-2H3,(H,21,24)/t14?,16?,17?,20-/m0/s1. The van der Waals surface area contributed by atoms with Crippen molar-refractivity contribution in [2.24, 2.45) is 11.8 Å². The highest BCUT2D eigenvalue weighted by Crippen LogP contribution is 2.52. The molecule has 7 nitrogen and oxygen atoms in total. The van der Waals surface area contributed by atoms with Crippen molar-refractivity contribution in [3.8, 4) is 0 Å². The maximum Gasteiger partial charge on any atom is 0.235 e. The van der Waals surface area contributed by atoms with Crippen molar-refractivity contribution >= 4 is 23.3 Å². The number of carbonyl (C=O) groups is 2. The molecule has 3 aliphatic rings. The van der Waals surface area contributed by atoms with Crippen molar-refractivity contribution in [3.05, 3.63) is 53.8 Å². The molecule has 138 valence electrons. The van der Waals surface area contributed by atoms with Gasteiger partial charge in [-0.05, 0) is 26.0 Å². The lowest BCUT2D eigenvalue weighted by Gasteiger charge is -2.23. The number of ether oxygens (including phenoxy) is 1. The van der Waals surface area contributed by atoms with E-state index in [4.69, 9.17) is 9.26 Å². The van der Waals surface area contributed by atoms with E-state index in [0.717, 1.165) is 5.56 Å². The van der Waals surface area contributed by atoms with Gasteiger partial charge in [-0.25, -0.2) is 0 Å². The first-order valence-corrected chi connectivity index (χ1v) is 8.96. The van der Waals surface area contributed by atoms with Gasteiger partial charge in [0, 0.05) is 11.8 Å². The summed E-state index contributed by atoms with van der Waals surface area (Å²) in [6.45, 7) is 4.10. The second-order valence-corrected chi connectivity index (χ2v) is 7.48. The van der Waals surface area contributed by atoms with E-state index in [-0.39, 0.29) is 17.9 Å². The fraction of sp³-hybridized carbons (Fsp3) is 0.350. The number of amides is 2. The average molecular weight is 365 g/mol. The van der Waals surface area contributed by atoms with Crippen LogP contribution in [0.1, 0.15) is 11.3 Å². The smallest absolute Gasteiger partial charge is 0.235 e. The van der Waals surface area contributed by atoms with Gasteiger partial charge in [-0.1, -0.05) is 35.0 Å². The first kappa shape index (κ1) is 16.3. The predicted octanol–water partition coefficient (Wildman–Crippen LogP) is 2.22. The van der Waals surface area contributed by atoms with Crippen molar-refractivity contribution in [3.63, 3.8) is 0 Å². The summed E-state index contributed by atoms with van der Waals surface area (Å²) in [6, 6.07) is 9.29. The van der Waals surface area contributed by atoms with E-state index in [9.17, 15) is 9.59 Å². The quantitative estimate of drug-likeness (QED) is 0.843. The molecule has 3 unspecified atom stereocenters. The number of hydrogen-bond acceptors (Lipinski definition) is 5. The lowest BCUT2D eigenvalue weighted by molar-refractivity contribution is -0.128. The monoisotopic (exact) mass is 365 g/mol. The molecule has 7 heteroatoms. The van der Waals surface area contributed by atoms with Gasteiger partial charge in [0.05, 0.1) is 24.5 Å². The molecule has 1 aromatic carbocycles. The summed E-state index contributed by atoms with van der Waals surface area (Å²) in [4.78, 5) is 27.7. The Labute approximate surface area is 156 Å². The summed E-state index contributed by atoms with van der Waals surface area (Å²) >= 11 is 0. The Bertz CT molecular complexity index is 964. The number of fused-ring (bicyclic) bond motifs is 1. The molecule has 1 N–H and O–H groups in total. The molecule has 0 radical (unpaired) electrons. The van der Waals surface area contributed by atoms with E-state index >= 15 is 0 Å². The van der Waals surface area contributed by atoms with Gasteiger partial charge in [-0.2, -0.15) is 0 Å². The molecule has 0 saturated carbocycles. The fourth-order valence-corrected chi connectivity index (χ4v) is 4.33. The molecule has 5 rings (SSSR count). The van der Waals surface area contributed by atoms with Crippen LogP contribution in [0.5, 0.6) is 0 Å². The third kappa shape index (κ3) is 2.35. The Balaban J connectivity index is 1.43. The summed E-state index contributed by atoms with van der Waals surface area (Å²) in [7, 11) is 0. The molecule has 2 aromatic rings. The second-order valence-electron chi connectivity index (χ2n) is 7.48. The van der Waals surface area contributed by atoms with Crippen LogP contribution in [-0.4, -0.2) is 35.2 Å². The summed E-state index contributed by atoms with van der Waals surface area (Å²) in [5.74, 6) is -0.399. The fourth-order valence-electron chi connectivity index (χ4n) is 4.33. The van der Waals surface area contributed by atoms with Gasteiger partial charge < -0.3 is 14.6 Å². The Morgan fingerprint density at radius 3 is 2.78 bits per heavy atom. The molecule has 2 fully saturated rings. The number of rotatable bonds is 3. The van der Waals surface area contributed by atoms with Gasteiger partial charge in [-0.3, -0.25) is 14.5 Å². The zero-order chi connectivity index (χ0) is 18.8. The molecule has 0 aliphatic carbocycles. The number of benzene rings is 1. The molecule has 2 saturated heterocycles. The van der Waals surface area contributed by atoms with Gasteiger partial charge in [0.15, 0.2) is 5.82 Å². The molecule has 2 amide bonds. The minimum absolute atomic E-state index is 0.154. The minimum atomic E-state index is -0.774. The molecule has 1 spiro atoms. The Kier molecular flexibility index (Phi) is 3.33. The minimum Gasteiger partial charge on any atom is -0.360 e. The molecule has 2 bridgehead atoms. The third-order valence-corrected chi connectivity index (χ3v) is 5.61. The third-order valence-electron chi connectivity index (χ3n) is 5.61. The lowest BCUT2D eigenvalue weighted by atomic mass is 9.77. The van der Waals surface area contributed by atoms with E-state index < -0.39 is 17.4 Å². The number of aryl methyl sites for hydroxylation is 2.